The first-order chi connectivity index (χ1) is 12.9. The molecule has 27 heavy (non-hydrogen) atoms. The summed E-state index contributed by atoms with van der Waals surface area (Å²) in [6.07, 6.45) is 3.32. The summed E-state index contributed by atoms with van der Waals surface area (Å²) in [7, 11) is 0. The Hall–Kier alpha value is -2.62. The number of carbonyl (C=O) groups excluding carboxylic acids is 2. The number of hydrogen-bond donors (Lipinski definition) is 1. The summed E-state index contributed by atoms with van der Waals surface area (Å²) in [5.41, 5.74) is 5.21. The van der Waals surface area contributed by atoms with Crippen LogP contribution in [0.3, 0.4) is 0 Å². The monoisotopic (exact) mass is 364 g/mol. The molecule has 1 atom stereocenters. The van der Waals surface area contributed by atoms with Gasteiger partial charge in [-0.3, -0.25) is 9.59 Å². The van der Waals surface area contributed by atoms with Gasteiger partial charge in [0.2, 0.25) is 0 Å². The van der Waals surface area contributed by atoms with Gasteiger partial charge in [0.15, 0.2) is 0 Å². The summed E-state index contributed by atoms with van der Waals surface area (Å²) in [5.74, 6) is -0.0535. The summed E-state index contributed by atoms with van der Waals surface area (Å²) >= 11 is 0. The Morgan fingerprint density at radius 1 is 0.926 bits per heavy atom. The number of benzene rings is 2. The first-order valence-corrected chi connectivity index (χ1v) is 9.67. The maximum absolute atomic E-state index is 12.8. The van der Waals surface area contributed by atoms with Gasteiger partial charge in [0.05, 0.1) is 0 Å². The highest BCUT2D eigenvalue weighted by Crippen LogP contribution is 2.23. The van der Waals surface area contributed by atoms with E-state index in [1.807, 2.05) is 62.1 Å². The predicted octanol–water partition coefficient (Wildman–Crippen LogP) is 4.88. The fraction of sp³-hybridized carbons (Fsp3) is 0.391. The molecule has 1 aliphatic rings. The smallest absolute Gasteiger partial charge is 0.255 e. The highest BCUT2D eigenvalue weighted by molar-refractivity contribution is 6.05. The number of aryl methyl sites for hydroxylation is 3. The normalized spacial score (nSPS) is 16.9. The van der Waals surface area contributed by atoms with Crippen molar-refractivity contribution in [1.82, 2.24) is 4.90 Å². The molecule has 1 saturated heterocycles. The first-order valence-electron chi connectivity index (χ1n) is 9.67. The topological polar surface area (TPSA) is 49.4 Å². The van der Waals surface area contributed by atoms with E-state index in [2.05, 4.69) is 12.2 Å². The number of hydrogen-bond acceptors (Lipinski definition) is 2. The van der Waals surface area contributed by atoms with E-state index in [9.17, 15) is 9.59 Å². The third-order valence-corrected chi connectivity index (χ3v) is 5.55. The molecule has 1 heterocycles. The SMILES string of the molecule is Cc1ccc(C(=O)Nc2ccc(C(=O)N3CCCCC3C)cc2C)cc1C. The van der Waals surface area contributed by atoms with E-state index in [1.165, 1.54) is 6.42 Å². The number of carbonyl (C=O) groups is 2. The van der Waals surface area contributed by atoms with Crippen molar-refractivity contribution in [1.29, 1.82) is 0 Å². The molecule has 0 spiro atoms. The van der Waals surface area contributed by atoms with Crippen molar-refractivity contribution in [2.45, 2.75) is 53.0 Å². The molecule has 4 nitrogen and oxygen atoms in total. The average molecular weight is 364 g/mol. The van der Waals surface area contributed by atoms with Gasteiger partial charge in [-0.25, -0.2) is 0 Å². The highest BCUT2D eigenvalue weighted by Gasteiger charge is 2.24. The Morgan fingerprint density at radius 3 is 2.30 bits per heavy atom. The maximum atomic E-state index is 12.8. The van der Waals surface area contributed by atoms with E-state index >= 15 is 0 Å². The molecule has 3 rings (SSSR count). The molecule has 0 aromatic heterocycles. The van der Waals surface area contributed by atoms with Crippen LogP contribution in [0.25, 0.3) is 0 Å². The predicted molar refractivity (Wildman–Crippen MR) is 109 cm³/mol. The molecule has 2 aromatic rings. The van der Waals surface area contributed by atoms with Crippen LogP contribution in [-0.2, 0) is 0 Å². The molecule has 0 aliphatic carbocycles. The zero-order valence-corrected chi connectivity index (χ0v) is 16.6. The third kappa shape index (κ3) is 4.21. The lowest BCUT2D eigenvalue weighted by Crippen LogP contribution is -2.42. The lowest BCUT2D eigenvalue weighted by atomic mass is 10.0. The van der Waals surface area contributed by atoms with E-state index in [0.717, 1.165) is 41.8 Å². The molecule has 1 N–H and O–H groups in total. The number of likely N-dealkylation sites (tertiary alicyclic amines) is 1. The van der Waals surface area contributed by atoms with Crippen LogP contribution in [0.4, 0.5) is 5.69 Å². The van der Waals surface area contributed by atoms with Crippen LogP contribution >= 0.6 is 0 Å². The number of nitrogens with one attached hydrogen (secondary N) is 1. The van der Waals surface area contributed by atoms with E-state index in [0.29, 0.717) is 11.1 Å². The number of piperidine rings is 1. The summed E-state index contributed by atoms with van der Waals surface area (Å²) < 4.78 is 0. The molecule has 0 bridgehead atoms. The van der Waals surface area contributed by atoms with Gasteiger partial charge in [-0.05, 0) is 94.0 Å². The van der Waals surface area contributed by atoms with Crippen LogP contribution in [0.1, 0.15) is 63.6 Å². The Labute approximate surface area is 161 Å². The molecule has 4 heteroatoms. The third-order valence-electron chi connectivity index (χ3n) is 5.55. The van der Waals surface area contributed by atoms with Crippen LogP contribution in [-0.4, -0.2) is 29.3 Å². The molecular weight excluding hydrogens is 336 g/mol. The fourth-order valence-corrected chi connectivity index (χ4v) is 3.58. The van der Waals surface area contributed by atoms with Gasteiger partial charge < -0.3 is 10.2 Å². The van der Waals surface area contributed by atoms with Crippen molar-refractivity contribution in [3.05, 3.63) is 64.2 Å². The van der Waals surface area contributed by atoms with Crippen LogP contribution in [0.2, 0.25) is 0 Å². The molecule has 1 fully saturated rings. The van der Waals surface area contributed by atoms with Crippen LogP contribution < -0.4 is 5.32 Å². The van der Waals surface area contributed by atoms with Crippen molar-refractivity contribution in [3.8, 4) is 0 Å². The quantitative estimate of drug-likeness (QED) is 0.844. The second-order valence-corrected chi connectivity index (χ2v) is 7.63. The van der Waals surface area contributed by atoms with Gasteiger partial charge in [-0.2, -0.15) is 0 Å². The van der Waals surface area contributed by atoms with E-state index in [-0.39, 0.29) is 17.9 Å². The number of anilines is 1. The highest BCUT2D eigenvalue weighted by atomic mass is 16.2. The molecule has 2 aromatic carbocycles. The minimum Gasteiger partial charge on any atom is -0.336 e. The van der Waals surface area contributed by atoms with Crippen molar-refractivity contribution in [3.63, 3.8) is 0 Å². The largest absolute Gasteiger partial charge is 0.336 e. The van der Waals surface area contributed by atoms with Crippen molar-refractivity contribution in [2.75, 3.05) is 11.9 Å². The fourth-order valence-electron chi connectivity index (χ4n) is 3.58. The Morgan fingerprint density at radius 2 is 1.63 bits per heavy atom. The number of nitrogens with zero attached hydrogens (tertiary/aromatic N) is 1. The molecule has 1 aliphatic heterocycles. The van der Waals surface area contributed by atoms with Crippen molar-refractivity contribution in [2.24, 2.45) is 0 Å². The van der Waals surface area contributed by atoms with Crippen molar-refractivity contribution >= 4 is 17.5 Å². The molecule has 0 saturated carbocycles. The zero-order chi connectivity index (χ0) is 19.6. The van der Waals surface area contributed by atoms with Gasteiger partial charge in [-0.15, -0.1) is 0 Å². The average Bonchev–Trinajstić information content (AvgIpc) is 2.65. The van der Waals surface area contributed by atoms with Crippen LogP contribution in [0.15, 0.2) is 36.4 Å². The maximum Gasteiger partial charge on any atom is 0.255 e. The van der Waals surface area contributed by atoms with E-state index < -0.39 is 0 Å². The number of amides is 2. The molecule has 0 radical (unpaired) electrons. The van der Waals surface area contributed by atoms with Crippen LogP contribution in [0, 0.1) is 20.8 Å². The van der Waals surface area contributed by atoms with Gasteiger partial charge in [0.25, 0.3) is 11.8 Å². The summed E-state index contributed by atoms with van der Waals surface area (Å²) in [4.78, 5) is 27.3. The van der Waals surface area contributed by atoms with Gasteiger partial charge in [0, 0.05) is 29.4 Å². The van der Waals surface area contributed by atoms with Gasteiger partial charge in [-0.1, -0.05) is 6.07 Å². The van der Waals surface area contributed by atoms with Crippen molar-refractivity contribution < 1.29 is 9.59 Å². The lowest BCUT2D eigenvalue weighted by molar-refractivity contribution is 0.0635. The Kier molecular flexibility index (Phi) is 5.64. The second kappa shape index (κ2) is 7.95. The first kappa shape index (κ1) is 19.2. The second-order valence-electron chi connectivity index (χ2n) is 7.63. The molecule has 2 amide bonds. The lowest BCUT2D eigenvalue weighted by Gasteiger charge is -2.33. The molecule has 1 unspecified atom stereocenters. The minimum atomic E-state index is -0.134. The van der Waals surface area contributed by atoms with Gasteiger partial charge >= 0.3 is 0 Å². The van der Waals surface area contributed by atoms with Crippen LogP contribution in [0.5, 0.6) is 0 Å². The summed E-state index contributed by atoms with van der Waals surface area (Å²) in [5, 5.41) is 2.96. The molecular formula is C23H28N2O2. The molecule has 142 valence electrons. The zero-order valence-electron chi connectivity index (χ0n) is 16.6. The Bertz CT molecular complexity index is 873. The van der Waals surface area contributed by atoms with E-state index in [4.69, 9.17) is 0 Å². The Balaban J connectivity index is 1.75. The van der Waals surface area contributed by atoms with E-state index in [1.54, 1.807) is 0 Å². The standard InChI is InChI=1S/C23H28N2O2/c1-15-8-9-19(13-16(15)2)22(26)24-21-11-10-20(14-17(21)3)23(27)25-12-6-5-7-18(25)4/h8-11,13-14,18H,5-7,12H2,1-4H3,(H,24,26). The van der Waals surface area contributed by atoms with Gasteiger partial charge in [0.1, 0.15) is 0 Å². The summed E-state index contributed by atoms with van der Waals surface area (Å²) in [6, 6.07) is 11.5. The minimum absolute atomic E-state index is 0.0809. The summed E-state index contributed by atoms with van der Waals surface area (Å²) in [6.45, 7) is 8.89. The number of rotatable bonds is 3.